The van der Waals surface area contributed by atoms with Gasteiger partial charge in [-0.05, 0) is 6.92 Å². The maximum Gasteiger partial charge on any atom is 0.342 e. The van der Waals surface area contributed by atoms with Crippen molar-refractivity contribution in [3.8, 4) is 0 Å². The summed E-state index contributed by atoms with van der Waals surface area (Å²) in [5.41, 5.74) is -0.123. The van der Waals surface area contributed by atoms with Gasteiger partial charge in [-0.2, -0.15) is 0 Å². The molecule has 0 rings (SSSR count). The van der Waals surface area contributed by atoms with Crippen LogP contribution in [0.4, 0.5) is 0 Å². The zero-order chi connectivity index (χ0) is 8.15. The molecule has 2 N–H and O–H groups in total. The van der Waals surface area contributed by atoms with Crippen LogP contribution < -0.4 is 0 Å². The Morgan fingerprint density at radius 1 is 1.70 bits per heavy atom. The van der Waals surface area contributed by atoms with E-state index in [-0.39, 0.29) is 11.3 Å². The van der Waals surface area contributed by atoms with Crippen LogP contribution in [0.3, 0.4) is 0 Å². The molecular formula is C6H9NO3. The van der Waals surface area contributed by atoms with Crippen molar-refractivity contribution in [2.75, 3.05) is 7.11 Å². The number of ether oxygens (including phenoxy) is 1. The number of carbonyl (C=O) groups is 1. The van der Waals surface area contributed by atoms with Crippen molar-refractivity contribution < 1.29 is 14.6 Å². The predicted octanol–water partition coefficient (Wildman–Crippen LogP) is 0.641. The smallest absolute Gasteiger partial charge is 0.342 e. The standard InChI is InChI=1S/C6H9NO3/c1-4(8)5(3-7)6(9)10-2/h3,7-8H,1-2H3. The molecule has 0 aromatic rings. The van der Waals surface area contributed by atoms with Gasteiger partial charge >= 0.3 is 5.97 Å². The van der Waals surface area contributed by atoms with E-state index in [1.165, 1.54) is 14.0 Å². The summed E-state index contributed by atoms with van der Waals surface area (Å²) in [5.74, 6) is -0.906. The van der Waals surface area contributed by atoms with E-state index in [1.54, 1.807) is 0 Å². The van der Waals surface area contributed by atoms with Crippen molar-refractivity contribution in [1.82, 2.24) is 0 Å². The van der Waals surface area contributed by atoms with Gasteiger partial charge in [-0.25, -0.2) is 4.79 Å². The summed E-state index contributed by atoms with van der Waals surface area (Å²) in [7, 11) is 1.19. The molecule has 56 valence electrons. The second-order valence-corrected chi connectivity index (χ2v) is 1.64. The van der Waals surface area contributed by atoms with Gasteiger partial charge in [0.05, 0.1) is 7.11 Å². The first kappa shape index (κ1) is 8.68. The fourth-order valence-electron chi connectivity index (χ4n) is 0.421. The van der Waals surface area contributed by atoms with Gasteiger partial charge in [-0.3, -0.25) is 0 Å². The Kier molecular flexibility index (Phi) is 3.17. The minimum atomic E-state index is -0.699. The average molecular weight is 143 g/mol. The highest BCUT2D eigenvalue weighted by Crippen LogP contribution is 1.98. The molecule has 0 bridgehead atoms. The van der Waals surface area contributed by atoms with E-state index in [2.05, 4.69) is 4.74 Å². The third-order valence-electron chi connectivity index (χ3n) is 0.939. The number of nitrogens with one attached hydrogen (secondary N) is 1. The fraction of sp³-hybridized carbons (Fsp3) is 0.333. The van der Waals surface area contributed by atoms with Crippen LogP contribution in [0.25, 0.3) is 0 Å². The normalized spacial score (nSPS) is 11.8. The number of hydrogen-bond donors (Lipinski definition) is 2. The first-order valence-corrected chi connectivity index (χ1v) is 2.62. The summed E-state index contributed by atoms with van der Waals surface area (Å²) in [6, 6.07) is 0. The van der Waals surface area contributed by atoms with Crippen LogP contribution in [0.1, 0.15) is 6.92 Å². The molecule has 0 amide bonds. The van der Waals surface area contributed by atoms with Gasteiger partial charge in [0.25, 0.3) is 0 Å². The number of allylic oxidation sites excluding steroid dienone is 1. The summed E-state index contributed by atoms with van der Waals surface area (Å²) >= 11 is 0. The lowest BCUT2D eigenvalue weighted by atomic mass is 10.2. The third kappa shape index (κ3) is 1.89. The summed E-state index contributed by atoms with van der Waals surface area (Å²) in [4.78, 5) is 10.6. The molecule has 0 atom stereocenters. The monoisotopic (exact) mass is 143 g/mol. The number of rotatable bonds is 2. The lowest BCUT2D eigenvalue weighted by Crippen LogP contribution is -2.07. The lowest BCUT2D eigenvalue weighted by Gasteiger charge is -1.98. The van der Waals surface area contributed by atoms with Crippen LogP contribution in [0.2, 0.25) is 0 Å². The Labute approximate surface area is 58.6 Å². The molecule has 0 spiro atoms. The summed E-state index contributed by atoms with van der Waals surface area (Å²) < 4.78 is 4.26. The SMILES string of the molecule is COC(=O)C(C=N)=C(C)O. The van der Waals surface area contributed by atoms with E-state index in [0.717, 1.165) is 6.21 Å². The molecule has 0 saturated heterocycles. The van der Waals surface area contributed by atoms with Crippen LogP contribution in [0.15, 0.2) is 11.3 Å². The van der Waals surface area contributed by atoms with E-state index in [9.17, 15) is 4.79 Å². The Morgan fingerprint density at radius 2 is 2.20 bits per heavy atom. The molecule has 4 heteroatoms. The minimum Gasteiger partial charge on any atom is -0.512 e. The van der Waals surface area contributed by atoms with Gasteiger partial charge in [0.2, 0.25) is 0 Å². The lowest BCUT2D eigenvalue weighted by molar-refractivity contribution is -0.135. The molecule has 4 nitrogen and oxygen atoms in total. The van der Waals surface area contributed by atoms with Gasteiger partial charge in [0.1, 0.15) is 11.3 Å². The average Bonchev–Trinajstić information content (AvgIpc) is 1.88. The number of hydrogen-bond acceptors (Lipinski definition) is 4. The zero-order valence-corrected chi connectivity index (χ0v) is 5.84. The predicted molar refractivity (Wildman–Crippen MR) is 36.1 cm³/mol. The highest BCUT2D eigenvalue weighted by atomic mass is 16.5. The minimum absolute atomic E-state index is 0.123. The molecule has 0 saturated carbocycles. The fourth-order valence-corrected chi connectivity index (χ4v) is 0.421. The van der Waals surface area contributed by atoms with Crippen LogP contribution in [-0.4, -0.2) is 24.4 Å². The van der Waals surface area contributed by atoms with Gasteiger partial charge in [0.15, 0.2) is 0 Å². The Hall–Kier alpha value is -1.32. The second-order valence-electron chi connectivity index (χ2n) is 1.64. The molecule has 0 aliphatic rings. The second kappa shape index (κ2) is 3.66. The number of aliphatic hydroxyl groups excluding tert-OH is 1. The quantitative estimate of drug-likeness (QED) is 0.258. The molecule has 10 heavy (non-hydrogen) atoms. The van der Waals surface area contributed by atoms with Crippen LogP contribution in [0, 0.1) is 5.41 Å². The third-order valence-corrected chi connectivity index (χ3v) is 0.939. The van der Waals surface area contributed by atoms with Gasteiger partial charge in [-0.15, -0.1) is 0 Å². The number of aliphatic hydroxyl groups is 1. The van der Waals surface area contributed by atoms with E-state index in [4.69, 9.17) is 10.5 Å². The van der Waals surface area contributed by atoms with Crippen molar-refractivity contribution in [2.24, 2.45) is 0 Å². The van der Waals surface area contributed by atoms with Gasteiger partial charge < -0.3 is 15.3 Å². The van der Waals surface area contributed by atoms with E-state index < -0.39 is 5.97 Å². The van der Waals surface area contributed by atoms with Crippen molar-refractivity contribution in [1.29, 1.82) is 5.41 Å². The summed E-state index contributed by atoms with van der Waals surface area (Å²) in [6.45, 7) is 1.32. The van der Waals surface area contributed by atoms with Crippen molar-refractivity contribution >= 4 is 12.2 Å². The summed E-state index contributed by atoms with van der Waals surface area (Å²) in [6.07, 6.45) is 0.751. The van der Waals surface area contributed by atoms with Crippen molar-refractivity contribution in [3.63, 3.8) is 0 Å². The van der Waals surface area contributed by atoms with E-state index in [1.807, 2.05) is 0 Å². The first-order chi connectivity index (χ1) is 4.63. The number of carbonyl (C=O) groups excluding carboxylic acids is 1. The highest BCUT2D eigenvalue weighted by molar-refractivity contribution is 6.08. The molecule has 0 aromatic heterocycles. The Balaban J connectivity index is 4.53. The molecule has 0 aliphatic heterocycles. The van der Waals surface area contributed by atoms with Gasteiger partial charge in [-0.1, -0.05) is 0 Å². The van der Waals surface area contributed by atoms with Crippen LogP contribution in [0.5, 0.6) is 0 Å². The zero-order valence-electron chi connectivity index (χ0n) is 5.84. The van der Waals surface area contributed by atoms with E-state index in [0.29, 0.717) is 0 Å². The maximum atomic E-state index is 10.6. The molecule has 0 unspecified atom stereocenters. The molecule has 0 fully saturated rings. The van der Waals surface area contributed by atoms with Gasteiger partial charge in [0, 0.05) is 6.21 Å². The first-order valence-electron chi connectivity index (χ1n) is 2.62. The Morgan fingerprint density at radius 3 is 2.30 bits per heavy atom. The summed E-state index contributed by atoms with van der Waals surface area (Å²) in [5, 5.41) is 15.4. The van der Waals surface area contributed by atoms with Crippen molar-refractivity contribution in [2.45, 2.75) is 6.92 Å². The highest BCUT2D eigenvalue weighted by Gasteiger charge is 2.08. The van der Waals surface area contributed by atoms with Crippen molar-refractivity contribution in [3.05, 3.63) is 11.3 Å². The largest absolute Gasteiger partial charge is 0.512 e. The van der Waals surface area contributed by atoms with Crippen LogP contribution in [-0.2, 0) is 9.53 Å². The molecule has 0 aromatic carbocycles. The van der Waals surface area contributed by atoms with E-state index >= 15 is 0 Å². The topological polar surface area (TPSA) is 70.4 Å². The Bertz CT molecular complexity index is 179. The molecule has 0 radical (unpaired) electrons. The molecule has 0 aliphatic carbocycles. The number of methoxy groups -OCH3 is 1. The van der Waals surface area contributed by atoms with Crippen LogP contribution >= 0.6 is 0 Å². The maximum absolute atomic E-state index is 10.6. The number of esters is 1. The molecule has 0 heterocycles. The molecular weight excluding hydrogens is 134 g/mol.